The predicted octanol–water partition coefficient (Wildman–Crippen LogP) is 5.02. The van der Waals surface area contributed by atoms with Crippen LogP contribution in [0.15, 0.2) is 53.7 Å². The quantitative estimate of drug-likeness (QED) is 0.473. The number of amides is 1. The number of thioether (sulfide) groups is 1. The molecule has 0 radical (unpaired) electrons. The fraction of sp³-hybridized carbons (Fsp3) is 0.143. The highest BCUT2D eigenvalue weighted by atomic mass is 35.5. The highest BCUT2D eigenvalue weighted by molar-refractivity contribution is 7.99. The van der Waals surface area contributed by atoms with E-state index in [1.54, 1.807) is 18.2 Å². The van der Waals surface area contributed by atoms with Gasteiger partial charge in [0.2, 0.25) is 5.91 Å². The van der Waals surface area contributed by atoms with Crippen LogP contribution in [0.5, 0.6) is 0 Å². The molecule has 1 aromatic heterocycles. The van der Waals surface area contributed by atoms with E-state index in [9.17, 15) is 4.79 Å². The molecule has 0 aliphatic carbocycles. The third-order valence-corrected chi connectivity index (χ3v) is 4.97. The summed E-state index contributed by atoms with van der Waals surface area (Å²) in [6, 6.07) is 16.8. The highest BCUT2D eigenvalue weighted by Gasteiger charge is 2.11. The minimum atomic E-state index is -0.259. The number of nitrogens with zero attached hydrogens (tertiary/aromatic N) is 3. The minimum absolute atomic E-state index is 0.119. The summed E-state index contributed by atoms with van der Waals surface area (Å²) in [5.74, 6) is -0.139. The first-order chi connectivity index (χ1) is 13.4. The van der Waals surface area contributed by atoms with Gasteiger partial charge in [-0.1, -0.05) is 53.2 Å². The number of nitriles is 1. The van der Waals surface area contributed by atoms with Crippen molar-refractivity contribution in [3.05, 3.63) is 70.4 Å². The van der Waals surface area contributed by atoms with Crippen molar-refractivity contribution in [1.82, 2.24) is 9.97 Å². The van der Waals surface area contributed by atoms with E-state index in [4.69, 9.17) is 16.9 Å². The van der Waals surface area contributed by atoms with Gasteiger partial charge in [-0.05, 0) is 38.1 Å². The number of anilines is 1. The van der Waals surface area contributed by atoms with Gasteiger partial charge in [0.05, 0.1) is 22.7 Å². The van der Waals surface area contributed by atoms with Crippen LogP contribution in [0.3, 0.4) is 0 Å². The first-order valence-corrected chi connectivity index (χ1v) is 9.86. The van der Waals surface area contributed by atoms with Gasteiger partial charge >= 0.3 is 0 Å². The topological polar surface area (TPSA) is 78.7 Å². The van der Waals surface area contributed by atoms with E-state index in [2.05, 4.69) is 15.3 Å². The summed E-state index contributed by atoms with van der Waals surface area (Å²) in [7, 11) is 0. The fourth-order valence-electron chi connectivity index (χ4n) is 2.51. The van der Waals surface area contributed by atoms with Crippen LogP contribution in [-0.4, -0.2) is 21.6 Å². The minimum Gasteiger partial charge on any atom is -0.324 e. The maximum atomic E-state index is 12.3. The monoisotopic (exact) mass is 408 g/mol. The van der Waals surface area contributed by atoms with Gasteiger partial charge in [-0.2, -0.15) is 5.26 Å². The normalized spacial score (nSPS) is 10.4. The number of nitrogens with one attached hydrogen (secondary N) is 1. The number of benzene rings is 2. The lowest BCUT2D eigenvalue weighted by molar-refractivity contribution is -0.113. The van der Waals surface area contributed by atoms with Gasteiger partial charge in [0.1, 0.15) is 6.07 Å². The Morgan fingerprint density at radius 3 is 2.61 bits per heavy atom. The van der Waals surface area contributed by atoms with Crippen LogP contribution >= 0.6 is 23.4 Å². The summed E-state index contributed by atoms with van der Waals surface area (Å²) in [6.45, 7) is 3.93. The van der Waals surface area contributed by atoms with Crippen molar-refractivity contribution in [3.8, 4) is 17.3 Å². The van der Waals surface area contributed by atoms with Gasteiger partial charge in [0.15, 0.2) is 5.16 Å². The molecule has 3 rings (SSSR count). The summed E-state index contributed by atoms with van der Waals surface area (Å²) in [5.41, 5.74) is 4.58. The zero-order chi connectivity index (χ0) is 20.1. The van der Waals surface area contributed by atoms with Crippen molar-refractivity contribution in [1.29, 1.82) is 5.26 Å². The first kappa shape index (κ1) is 19.9. The van der Waals surface area contributed by atoms with E-state index in [0.717, 1.165) is 17.0 Å². The number of carbonyl (C=O) groups is 1. The van der Waals surface area contributed by atoms with Crippen molar-refractivity contribution in [2.75, 3.05) is 11.1 Å². The van der Waals surface area contributed by atoms with Crippen LogP contribution in [0.1, 0.15) is 16.8 Å². The van der Waals surface area contributed by atoms with Crippen molar-refractivity contribution in [2.45, 2.75) is 19.0 Å². The van der Waals surface area contributed by atoms with Crippen molar-refractivity contribution in [3.63, 3.8) is 0 Å². The Balaban J connectivity index is 1.71. The standard InChI is InChI=1S/C21H17ClN4OS/c1-13-3-5-15(6-4-13)18-9-14(2)24-21(26-18)28-12-20(27)25-19-10-17(22)8-7-16(19)11-23/h3-10H,12H2,1-2H3,(H,25,27). The molecule has 2 aromatic carbocycles. The van der Waals surface area contributed by atoms with Gasteiger partial charge < -0.3 is 5.32 Å². The smallest absolute Gasteiger partial charge is 0.234 e. The molecule has 0 fully saturated rings. The second kappa shape index (κ2) is 8.87. The average Bonchev–Trinajstić information content (AvgIpc) is 2.67. The Hall–Kier alpha value is -2.88. The molecule has 7 heteroatoms. The number of aryl methyl sites for hydroxylation is 2. The van der Waals surface area contributed by atoms with E-state index in [-0.39, 0.29) is 11.7 Å². The van der Waals surface area contributed by atoms with Crippen molar-refractivity contribution < 1.29 is 4.79 Å². The third-order valence-electron chi connectivity index (χ3n) is 3.89. The summed E-state index contributed by atoms with van der Waals surface area (Å²) in [4.78, 5) is 21.3. The lowest BCUT2D eigenvalue weighted by Gasteiger charge is -2.08. The van der Waals surface area contributed by atoms with Crippen molar-refractivity contribution >= 4 is 35.0 Å². The zero-order valence-electron chi connectivity index (χ0n) is 15.4. The lowest BCUT2D eigenvalue weighted by Crippen LogP contribution is -2.15. The Kier molecular flexibility index (Phi) is 6.30. The summed E-state index contributed by atoms with van der Waals surface area (Å²) in [6.07, 6.45) is 0. The average molecular weight is 409 g/mol. The molecule has 0 aliphatic rings. The van der Waals surface area contributed by atoms with Crippen LogP contribution in [0.2, 0.25) is 5.02 Å². The number of rotatable bonds is 5. The van der Waals surface area contributed by atoms with Crippen LogP contribution < -0.4 is 5.32 Å². The Labute approximate surface area is 172 Å². The fourth-order valence-corrected chi connectivity index (χ4v) is 3.39. The molecule has 1 heterocycles. The largest absolute Gasteiger partial charge is 0.324 e. The number of aromatic nitrogens is 2. The lowest BCUT2D eigenvalue weighted by atomic mass is 10.1. The first-order valence-electron chi connectivity index (χ1n) is 8.49. The van der Waals surface area contributed by atoms with Crippen molar-refractivity contribution in [2.24, 2.45) is 0 Å². The Bertz CT molecular complexity index is 1060. The van der Waals surface area contributed by atoms with E-state index >= 15 is 0 Å². The molecule has 140 valence electrons. The highest BCUT2D eigenvalue weighted by Crippen LogP contribution is 2.24. The molecule has 0 bridgehead atoms. The molecule has 0 unspecified atom stereocenters. The molecule has 0 atom stereocenters. The SMILES string of the molecule is Cc1ccc(-c2cc(C)nc(SCC(=O)Nc3cc(Cl)ccc3C#N)n2)cc1. The van der Waals surface area contributed by atoms with Crippen LogP contribution in [0.4, 0.5) is 5.69 Å². The molecule has 0 aliphatic heterocycles. The van der Waals surface area contributed by atoms with Gasteiger partial charge in [-0.3, -0.25) is 4.79 Å². The van der Waals surface area contributed by atoms with E-state index in [0.29, 0.717) is 21.4 Å². The second-order valence-electron chi connectivity index (χ2n) is 6.18. The van der Waals surface area contributed by atoms with E-state index in [1.807, 2.05) is 50.2 Å². The van der Waals surface area contributed by atoms with Gasteiger partial charge in [-0.25, -0.2) is 9.97 Å². The molecular formula is C21H17ClN4OS. The molecule has 5 nitrogen and oxygen atoms in total. The summed E-state index contributed by atoms with van der Waals surface area (Å²) in [5, 5.41) is 12.8. The number of hydrogen-bond acceptors (Lipinski definition) is 5. The summed E-state index contributed by atoms with van der Waals surface area (Å²) < 4.78 is 0. The van der Waals surface area contributed by atoms with E-state index < -0.39 is 0 Å². The third kappa shape index (κ3) is 5.10. The van der Waals surface area contributed by atoms with Gasteiger partial charge in [-0.15, -0.1) is 0 Å². The molecule has 1 N–H and O–H groups in total. The number of halogens is 1. The maximum absolute atomic E-state index is 12.3. The molecular weight excluding hydrogens is 392 g/mol. The second-order valence-corrected chi connectivity index (χ2v) is 7.56. The summed E-state index contributed by atoms with van der Waals surface area (Å²) >= 11 is 7.19. The molecule has 1 amide bonds. The number of carbonyl (C=O) groups excluding carboxylic acids is 1. The molecule has 0 saturated heterocycles. The number of hydrogen-bond donors (Lipinski definition) is 1. The molecule has 0 saturated carbocycles. The molecule has 3 aromatic rings. The Morgan fingerprint density at radius 1 is 1.14 bits per heavy atom. The van der Waals surface area contributed by atoms with E-state index in [1.165, 1.54) is 17.3 Å². The van der Waals surface area contributed by atoms with Crippen LogP contribution in [0.25, 0.3) is 11.3 Å². The zero-order valence-corrected chi connectivity index (χ0v) is 16.9. The van der Waals surface area contributed by atoms with Crippen LogP contribution in [0, 0.1) is 25.2 Å². The Morgan fingerprint density at radius 2 is 1.89 bits per heavy atom. The predicted molar refractivity (Wildman–Crippen MR) is 112 cm³/mol. The van der Waals surface area contributed by atoms with Gasteiger partial charge in [0, 0.05) is 16.3 Å². The van der Waals surface area contributed by atoms with Gasteiger partial charge in [0.25, 0.3) is 0 Å². The molecule has 0 spiro atoms. The maximum Gasteiger partial charge on any atom is 0.234 e. The molecule has 28 heavy (non-hydrogen) atoms. The van der Waals surface area contributed by atoms with Crippen LogP contribution in [-0.2, 0) is 4.79 Å².